The molecule has 0 spiro atoms. The molecule has 2 atom stereocenters. The first-order chi connectivity index (χ1) is 17.8. The predicted molar refractivity (Wildman–Crippen MR) is 155 cm³/mol. The number of thiocarbonyl (C=S) groups is 1. The second-order valence-corrected chi connectivity index (χ2v) is 10.7. The first kappa shape index (κ1) is 25.4. The fourth-order valence-electron chi connectivity index (χ4n) is 4.24. The molecule has 0 radical (unpaired) electrons. The number of pyridine rings is 1. The van der Waals surface area contributed by atoms with E-state index in [2.05, 4.69) is 31.5 Å². The maximum absolute atomic E-state index is 12.2. The van der Waals surface area contributed by atoms with Crippen molar-refractivity contribution in [1.82, 2.24) is 10.3 Å². The summed E-state index contributed by atoms with van der Waals surface area (Å²) in [7, 11) is 0. The maximum Gasteiger partial charge on any atom is 0.226 e. The summed E-state index contributed by atoms with van der Waals surface area (Å²) in [6.07, 6.45) is 1.76. The van der Waals surface area contributed by atoms with Crippen molar-refractivity contribution in [3.05, 3.63) is 99.9 Å². The zero-order valence-electron chi connectivity index (χ0n) is 20.1. The highest BCUT2D eigenvalue weighted by atomic mass is 79.9. The molecule has 37 heavy (non-hydrogen) atoms. The largest absolute Gasteiger partial charge is 0.459 e. The summed E-state index contributed by atoms with van der Waals surface area (Å²) in [5, 5.41) is 7.24. The van der Waals surface area contributed by atoms with Gasteiger partial charge in [-0.25, -0.2) is 0 Å². The minimum Gasteiger partial charge on any atom is -0.459 e. The third-order valence-corrected chi connectivity index (χ3v) is 7.31. The summed E-state index contributed by atoms with van der Waals surface area (Å²) in [6.45, 7) is 3.67. The van der Waals surface area contributed by atoms with E-state index in [9.17, 15) is 4.79 Å². The van der Waals surface area contributed by atoms with Crippen molar-refractivity contribution in [2.75, 3.05) is 10.2 Å². The van der Waals surface area contributed by atoms with Gasteiger partial charge < -0.3 is 20.0 Å². The second kappa shape index (κ2) is 10.7. The summed E-state index contributed by atoms with van der Waals surface area (Å²) in [5.41, 5.74) is 3.13. The molecule has 6 nitrogen and oxygen atoms in total. The van der Waals surface area contributed by atoms with E-state index in [0.29, 0.717) is 15.8 Å². The fourth-order valence-corrected chi connectivity index (χ4v) is 5.07. The lowest BCUT2D eigenvalue weighted by molar-refractivity contribution is -0.118. The van der Waals surface area contributed by atoms with Crippen LogP contribution in [0.1, 0.15) is 37.4 Å². The molecule has 9 heteroatoms. The molecule has 4 aromatic rings. The molecule has 1 fully saturated rings. The Kier molecular flexibility index (Phi) is 7.33. The van der Waals surface area contributed by atoms with Gasteiger partial charge in [-0.15, -0.1) is 0 Å². The van der Waals surface area contributed by atoms with Crippen molar-refractivity contribution in [2.24, 2.45) is 5.92 Å². The average Bonchev–Trinajstić information content (AvgIpc) is 3.51. The van der Waals surface area contributed by atoms with Gasteiger partial charge in [-0.2, -0.15) is 0 Å². The standard InChI is InChI=1S/C28H24BrClN4O2S/c1-16(2)27(35)32-21-11-10-19(15-20(21)30)34-26(25(33-28(34)37)22-5-3-4-14-31-22)24-13-12-23(36-24)17-6-8-18(29)9-7-17/h3-16,25-26H,1-2H3,(H,32,35)(H,33,37)/t25-,26-/m0/s1. The van der Waals surface area contributed by atoms with Crippen molar-refractivity contribution >= 4 is 62.1 Å². The van der Waals surface area contributed by atoms with Crippen LogP contribution in [0.25, 0.3) is 11.3 Å². The number of halogens is 2. The molecule has 2 N–H and O–H groups in total. The molecule has 188 valence electrons. The summed E-state index contributed by atoms with van der Waals surface area (Å²) in [5.74, 6) is 1.23. The number of nitrogens with zero attached hydrogens (tertiary/aromatic N) is 2. The summed E-state index contributed by atoms with van der Waals surface area (Å²) < 4.78 is 7.40. The third-order valence-electron chi connectivity index (χ3n) is 6.16. The molecular weight excluding hydrogens is 572 g/mol. The van der Waals surface area contributed by atoms with Crippen molar-refractivity contribution in [2.45, 2.75) is 25.9 Å². The minimum absolute atomic E-state index is 0.0999. The Morgan fingerprint density at radius 2 is 1.92 bits per heavy atom. The van der Waals surface area contributed by atoms with E-state index in [4.69, 9.17) is 28.2 Å². The number of nitrogens with one attached hydrogen (secondary N) is 2. The molecule has 0 aliphatic carbocycles. The molecule has 0 bridgehead atoms. The Bertz CT molecular complexity index is 1440. The third kappa shape index (κ3) is 5.28. The quantitative estimate of drug-likeness (QED) is 0.225. The summed E-state index contributed by atoms with van der Waals surface area (Å²) in [4.78, 5) is 18.8. The number of rotatable bonds is 6. The van der Waals surface area contributed by atoms with E-state index < -0.39 is 0 Å². The molecule has 0 saturated carbocycles. The first-order valence-corrected chi connectivity index (χ1v) is 13.4. The topological polar surface area (TPSA) is 70.4 Å². The smallest absolute Gasteiger partial charge is 0.226 e. The van der Waals surface area contributed by atoms with E-state index in [1.54, 1.807) is 18.3 Å². The van der Waals surface area contributed by atoms with Gasteiger partial charge in [-0.1, -0.05) is 59.6 Å². The molecule has 0 unspecified atom stereocenters. The van der Waals surface area contributed by atoms with Crippen LogP contribution in [0.2, 0.25) is 5.02 Å². The number of hydrogen-bond donors (Lipinski definition) is 2. The molecule has 1 aliphatic rings. The summed E-state index contributed by atoms with van der Waals surface area (Å²) in [6, 6.07) is 22.6. The van der Waals surface area contributed by atoms with Gasteiger partial charge in [-0.05, 0) is 66.8 Å². The molecule has 2 aromatic carbocycles. The predicted octanol–water partition coefficient (Wildman–Crippen LogP) is 7.53. The van der Waals surface area contributed by atoms with Gasteiger partial charge in [0.1, 0.15) is 17.6 Å². The highest BCUT2D eigenvalue weighted by Gasteiger charge is 2.42. The van der Waals surface area contributed by atoms with E-state index in [-0.39, 0.29) is 23.9 Å². The van der Waals surface area contributed by atoms with E-state index >= 15 is 0 Å². The van der Waals surface area contributed by atoms with Gasteiger partial charge in [0.05, 0.1) is 22.4 Å². The van der Waals surface area contributed by atoms with E-state index in [0.717, 1.165) is 32.9 Å². The molecule has 5 rings (SSSR count). The lowest BCUT2D eigenvalue weighted by atomic mass is 10.0. The molecule has 3 heterocycles. The Morgan fingerprint density at radius 1 is 1.14 bits per heavy atom. The lowest BCUT2D eigenvalue weighted by Crippen LogP contribution is -2.29. The number of carbonyl (C=O) groups excluding carboxylic acids is 1. The van der Waals surface area contributed by atoms with Crippen molar-refractivity contribution in [1.29, 1.82) is 0 Å². The molecule has 2 aromatic heterocycles. The van der Waals surface area contributed by atoms with Crippen molar-refractivity contribution < 1.29 is 9.21 Å². The molecule has 1 saturated heterocycles. The number of hydrogen-bond acceptors (Lipinski definition) is 4. The van der Waals surface area contributed by atoms with Crippen LogP contribution in [-0.4, -0.2) is 16.0 Å². The van der Waals surface area contributed by atoms with Gasteiger partial charge in [0, 0.05) is 27.8 Å². The van der Waals surface area contributed by atoms with Gasteiger partial charge in [0.25, 0.3) is 0 Å². The van der Waals surface area contributed by atoms with Crippen LogP contribution in [0.3, 0.4) is 0 Å². The van der Waals surface area contributed by atoms with Crippen molar-refractivity contribution in [3.63, 3.8) is 0 Å². The maximum atomic E-state index is 12.2. The van der Waals surface area contributed by atoms with Crippen molar-refractivity contribution in [3.8, 4) is 11.3 Å². The monoisotopic (exact) mass is 594 g/mol. The normalized spacial score (nSPS) is 17.2. The molecule has 1 aliphatic heterocycles. The number of anilines is 2. The SMILES string of the molecule is CC(C)C(=O)Nc1ccc(N2C(=S)N[C@@H](c3ccccn3)[C@@H]2c2ccc(-c3ccc(Br)cc3)o2)cc1Cl. The summed E-state index contributed by atoms with van der Waals surface area (Å²) >= 11 is 15.9. The van der Waals surface area contributed by atoms with Crippen LogP contribution in [0.4, 0.5) is 11.4 Å². The van der Waals surface area contributed by atoms with Crippen LogP contribution >= 0.6 is 39.7 Å². The Balaban J connectivity index is 1.54. The van der Waals surface area contributed by atoms with Crippen LogP contribution in [0, 0.1) is 5.92 Å². The van der Waals surface area contributed by atoms with E-state index in [1.165, 1.54) is 0 Å². The van der Waals surface area contributed by atoms with Crippen LogP contribution in [0.15, 0.2) is 87.9 Å². The van der Waals surface area contributed by atoms with Gasteiger partial charge in [0.15, 0.2) is 5.11 Å². The Morgan fingerprint density at radius 3 is 2.59 bits per heavy atom. The van der Waals surface area contributed by atoms with E-state index in [1.807, 2.05) is 79.4 Å². The first-order valence-electron chi connectivity index (χ1n) is 11.8. The van der Waals surface area contributed by atoms with Gasteiger partial charge in [-0.3, -0.25) is 9.78 Å². The van der Waals surface area contributed by atoms with Gasteiger partial charge >= 0.3 is 0 Å². The molecule has 1 amide bonds. The number of amides is 1. The number of carbonyl (C=O) groups is 1. The molecular formula is C28H24BrClN4O2S. The van der Waals surface area contributed by atoms with Crippen LogP contribution < -0.4 is 15.5 Å². The lowest BCUT2D eigenvalue weighted by Gasteiger charge is -2.26. The zero-order chi connectivity index (χ0) is 26.1. The average molecular weight is 596 g/mol. The van der Waals surface area contributed by atoms with Crippen LogP contribution in [0.5, 0.6) is 0 Å². The van der Waals surface area contributed by atoms with Crippen LogP contribution in [-0.2, 0) is 4.79 Å². The zero-order valence-corrected chi connectivity index (χ0v) is 23.3. The van der Waals surface area contributed by atoms with Gasteiger partial charge in [0.2, 0.25) is 5.91 Å². The Labute approximate surface area is 234 Å². The number of benzene rings is 2. The number of furan rings is 1. The number of aromatic nitrogens is 1. The highest BCUT2D eigenvalue weighted by Crippen LogP contribution is 2.44. The Hall–Kier alpha value is -3.20. The second-order valence-electron chi connectivity index (χ2n) is 9.01. The minimum atomic E-state index is -0.321. The fraction of sp³-hybridized carbons (Fsp3) is 0.179. The highest BCUT2D eigenvalue weighted by molar-refractivity contribution is 9.10.